The lowest BCUT2D eigenvalue weighted by atomic mass is 10.1. The molecule has 5 rings (SSSR count). The Morgan fingerprint density at radius 1 is 0.950 bits per heavy atom. The van der Waals surface area contributed by atoms with Gasteiger partial charge in [-0.2, -0.15) is 5.26 Å². The van der Waals surface area contributed by atoms with Gasteiger partial charge in [-0.05, 0) is 54.3 Å². The van der Waals surface area contributed by atoms with E-state index in [-0.39, 0.29) is 0 Å². The van der Waals surface area contributed by atoms with Gasteiger partial charge in [0.05, 0.1) is 27.3 Å². The third-order valence-corrected chi connectivity index (χ3v) is 9.40. The normalized spacial score (nSPS) is 10.8. The van der Waals surface area contributed by atoms with Gasteiger partial charge in [-0.1, -0.05) is 64.1 Å². The maximum Gasteiger partial charge on any atom is 0.293 e. The van der Waals surface area contributed by atoms with E-state index in [9.17, 15) is 10.1 Å². The van der Waals surface area contributed by atoms with E-state index < -0.39 is 0 Å². The molecule has 5 nitrogen and oxygen atoms in total. The van der Waals surface area contributed by atoms with Crippen molar-refractivity contribution < 1.29 is 9.53 Å². The molecule has 0 aliphatic carbocycles. The molecule has 0 atom stereocenters. The number of carbonyl (C=O) groups is 1. The molecule has 0 bridgehead atoms. The summed E-state index contributed by atoms with van der Waals surface area (Å²) in [6.45, 7) is 9.85. The van der Waals surface area contributed by atoms with Crippen LogP contribution in [-0.4, -0.2) is 31.7 Å². The van der Waals surface area contributed by atoms with Crippen LogP contribution in [0.5, 0.6) is 0 Å². The second kappa shape index (κ2) is 15.9. The summed E-state index contributed by atoms with van der Waals surface area (Å²) in [6.07, 6.45) is 4.20. The molecule has 0 fully saturated rings. The van der Waals surface area contributed by atoms with Crippen molar-refractivity contribution in [1.29, 1.82) is 5.26 Å². The quantitative estimate of drug-likeness (QED) is 0.0974. The number of anilines is 1. The minimum atomic E-state index is 0.368. The van der Waals surface area contributed by atoms with Gasteiger partial charge in [-0.15, -0.1) is 34.0 Å². The molecule has 0 aliphatic heterocycles. The highest BCUT2D eigenvalue weighted by Crippen LogP contribution is 2.39. The third kappa shape index (κ3) is 8.25. The molecule has 5 aromatic rings. The fraction of sp³-hybridized carbons (Fsp3) is 0.281. The minimum absolute atomic E-state index is 0.368. The number of ether oxygens (including phenoxy) is 1. The van der Waals surface area contributed by atoms with E-state index in [2.05, 4.69) is 66.2 Å². The first-order valence-electron chi connectivity index (χ1n) is 13.4. The number of nitriles is 1. The standard InChI is InChI=1S/C20H15N3O2S3.C10H14.C2H6/c1-23(6-7-25-12-24)19-10-18-17(27-19)9-14(26-18)8-13(11-21)20-22-15-4-2-3-5-16(15)28-20;1-3-9-5-7-10(4-2)8-6-9;1-2/h2-5,8-10,12H,6-7H2,1H3;5-8H,3-4H2,1-2H3;1-2H3/b13-8+;;. The zero-order chi connectivity index (χ0) is 28.9. The Balaban J connectivity index is 0.000000309. The van der Waals surface area contributed by atoms with Crippen LogP contribution in [0.25, 0.3) is 31.3 Å². The van der Waals surface area contributed by atoms with Crippen molar-refractivity contribution in [2.75, 3.05) is 25.1 Å². The number of hydrogen-bond donors (Lipinski definition) is 0. The average molecular weight is 590 g/mol. The number of thiophene rings is 2. The van der Waals surface area contributed by atoms with E-state index in [0.717, 1.165) is 37.9 Å². The van der Waals surface area contributed by atoms with Crippen molar-refractivity contribution in [3.8, 4) is 6.07 Å². The van der Waals surface area contributed by atoms with Crippen LogP contribution >= 0.6 is 34.0 Å². The van der Waals surface area contributed by atoms with Crippen molar-refractivity contribution in [1.82, 2.24) is 4.98 Å². The smallest absolute Gasteiger partial charge is 0.293 e. The van der Waals surface area contributed by atoms with Crippen molar-refractivity contribution in [2.24, 2.45) is 0 Å². The summed E-state index contributed by atoms with van der Waals surface area (Å²) in [5.74, 6) is 0. The highest BCUT2D eigenvalue weighted by Gasteiger charge is 2.12. The summed E-state index contributed by atoms with van der Waals surface area (Å²) < 4.78 is 8.20. The predicted octanol–water partition coefficient (Wildman–Crippen LogP) is 9.08. The topological polar surface area (TPSA) is 66.2 Å². The molecule has 40 heavy (non-hydrogen) atoms. The molecule has 208 valence electrons. The first-order valence-corrected chi connectivity index (χ1v) is 15.8. The second-order valence-corrected chi connectivity index (χ2v) is 11.7. The average Bonchev–Trinajstić information content (AvgIpc) is 3.71. The first kappa shape index (κ1) is 31.0. The van der Waals surface area contributed by atoms with E-state index in [0.29, 0.717) is 25.2 Å². The number of likely N-dealkylation sites (N-methyl/N-ethyl adjacent to an activating group) is 1. The highest BCUT2D eigenvalue weighted by molar-refractivity contribution is 7.30. The second-order valence-electron chi connectivity index (χ2n) is 8.53. The number of carbonyl (C=O) groups excluding carboxylic acids is 1. The van der Waals surface area contributed by atoms with Crippen LogP contribution in [0.1, 0.15) is 48.7 Å². The molecule has 3 aromatic heterocycles. The molecule has 8 heteroatoms. The predicted molar refractivity (Wildman–Crippen MR) is 175 cm³/mol. The number of fused-ring (bicyclic) bond motifs is 2. The van der Waals surface area contributed by atoms with Crippen molar-refractivity contribution in [3.63, 3.8) is 0 Å². The van der Waals surface area contributed by atoms with Gasteiger partial charge in [-0.25, -0.2) is 4.98 Å². The minimum Gasteiger partial charge on any atom is -0.466 e. The number of nitrogens with zero attached hydrogens (tertiary/aromatic N) is 3. The lowest BCUT2D eigenvalue weighted by Gasteiger charge is -2.15. The monoisotopic (exact) mass is 589 g/mol. The fourth-order valence-corrected chi connectivity index (χ4v) is 6.99. The Bertz CT molecular complexity index is 1490. The number of hydrogen-bond acceptors (Lipinski definition) is 8. The van der Waals surface area contributed by atoms with Crippen LogP contribution in [0, 0.1) is 11.3 Å². The number of allylic oxidation sites excluding steroid dienone is 1. The number of para-hydroxylation sites is 1. The number of rotatable bonds is 9. The Kier molecular flexibility index (Phi) is 12.4. The molecule has 2 aromatic carbocycles. The summed E-state index contributed by atoms with van der Waals surface area (Å²) >= 11 is 4.88. The summed E-state index contributed by atoms with van der Waals surface area (Å²) in [7, 11) is 1.98. The van der Waals surface area contributed by atoms with E-state index in [4.69, 9.17) is 4.74 Å². The SMILES string of the molecule is CC.CCc1ccc(CC)cc1.CN(CCOC=O)c1cc2sc(/C=C(\C#N)c3nc4ccccc4s3)cc2s1. The number of aryl methyl sites for hydroxylation is 2. The Hall–Kier alpha value is -3.51. The molecule has 0 saturated carbocycles. The summed E-state index contributed by atoms with van der Waals surface area (Å²) in [6, 6.07) is 23.3. The Morgan fingerprint density at radius 3 is 2.17 bits per heavy atom. The maximum atomic E-state index is 10.3. The van der Waals surface area contributed by atoms with Crippen LogP contribution in [0.15, 0.2) is 60.7 Å². The molecule has 0 N–H and O–H groups in total. The van der Waals surface area contributed by atoms with Crippen molar-refractivity contribution in [2.45, 2.75) is 40.5 Å². The zero-order valence-electron chi connectivity index (χ0n) is 23.6. The van der Waals surface area contributed by atoms with E-state index in [1.165, 1.54) is 31.9 Å². The number of thiazole rings is 1. The molecular formula is C32H35N3O2S3. The van der Waals surface area contributed by atoms with Gasteiger partial charge in [0.25, 0.3) is 6.47 Å². The lowest BCUT2D eigenvalue weighted by Crippen LogP contribution is -2.21. The van der Waals surface area contributed by atoms with Crippen LogP contribution < -0.4 is 4.90 Å². The van der Waals surface area contributed by atoms with Crippen LogP contribution in [0.3, 0.4) is 0 Å². The molecule has 0 saturated heterocycles. The van der Waals surface area contributed by atoms with Gasteiger partial charge in [0, 0.05) is 21.3 Å². The van der Waals surface area contributed by atoms with Gasteiger partial charge in [0.15, 0.2) is 0 Å². The van der Waals surface area contributed by atoms with Crippen LogP contribution in [-0.2, 0) is 22.4 Å². The van der Waals surface area contributed by atoms with Gasteiger partial charge >= 0.3 is 0 Å². The van der Waals surface area contributed by atoms with Gasteiger partial charge < -0.3 is 9.64 Å². The van der Waals surface area contributed by atoms with Gasteiger partial charge in [-0.3, -0.25) is 4.79 Å². The van der Waals surface area contributed by atoms with E-state index in [1.807, 2.05) is 51.2 Å². The van der Waals surface area contributed by atoms with Gasteiger partial charge in [0.1, 0.15) is 17.7 Å². The number of benzene rings is 2. The maximum absolute atomic E-state index is 10.3. The van der Waals surface area contributed by atoms with Crippen molar-refractivity contribution >= 4 is 76.7 Å². The molecule has 0 aliphatic rings. The third-order valence-electron chi connectivity index (χ3n) is 5.97. The highest BCUT2D eigenvalue weighted by atomic mass is 32.1. The molecule has 0 radical (unpaired) electrons. The van der Waals surface area contributed by atoms with E-state index >= 15 is 0 Å². The Labute approximate surface area is 249 Å². The Morgan fingerprint density at radius 2 is 1.60 bits per heavy atom. The van der Waals surface area contributed by atoms with Gasteiger partial charge in [0.2, 0.25) is 0 Å². The molecule has 0 spiro atoms. The molecular weight excluding hydrogens is 555 g/mol. The molecule has 3 heterocycles. The summed E-state index contributed by atoms with van der Waals surface area (Å²) in [4.78, 5) is 17.9. The molecule has 0 unspecified atom stereocenters. The van der Waals surface area contributed by atoms with Crippen LogP contribution in [0.2, 0.25) is 0 Å². The summed E-state index contributed by atoms with van der Waals surface area (Å²) in [5, 5.41) is 11.5. The number of aromatic nitrogens is 1. The lowest BCUT2D eigenvalue weighted by molar-refractivity contribution is -0.128. The zero-order valence-corrected chi connectivity index (χ0v) is 26.1. The van der Waals surface area contributed by atoms with Crippen LogP contribution in [0.4, 0.5) is 5.00 Å². The first-order chi connectivity index (χ1) is 19.5. The van der Waals surface area contributed by atoms with E-state index in [1.54, 1.807) is 22.7 Å². The van der Waals surface area contributed by atoms with Crippen molar-refractivity contribution in [3.05, 3.63) is 81.7 Å². The largest absolute Gasteiger partial charge is 0.466 e. The molecule has 0 amide bonds. The fourth-order valence-electron chi connectivity index (χ4n) is 3.73. The summed E-state index contributed by atoms with van der Waals surface area (Å²) in [5.41, 5.74) is 4.36.